The molecule has 1 unspecified atom stereocenters. The molecule has 0 aliphatic rings. The van der Waals surface area contributed by atoms with E-state index >= 15 is 0 Å². The minimum Gasteiger partial charge on any atom is -0.314 e. The van der Waals surface area contributed by atoms with Gasteiger partial charge in [0, 0.05) is 6.04 Å². The molecule has 0 aromatic heterocycles. The van der Waals surface area contributed by atoms with Gasteiger partial charge < -0.3 is 5.32 Å². The summed E-state index contributed by atoms with van der Waals surface area (Å²) < 4.78 is 0. The molecule has 0 fully saturated rings. The van der Waals surface area contributed by atoms with Crippen LogP contribution in [0.1, 0.15) is 40.5 Å². The number of nitrogens with one attached hydrogen (secondary N) is 1. The van der Waals surface area contributed by atoms with Crippen LogP contribution in [-0.2, 0) is 0 Å². The highest BCUT2D eigenvalue weighted by molar-refractivity contribution is 4.64. The minimum absolute atomic E-state index is 0.741. The van der Waals surface area contributed by atoms with Gasteiger partial charge in [-0.05, 0) is 25.3 Å². The van der Waals surface area contributed by atoms with Crippen LogP contribution in [0.3, 0.4) is 0 Å². The van der Waals surface area contributed by atoms with E-state index in [0.717, 1.165) is 18.5 Å². The summed E-state index contributed by atoms with van der Waals surface area (Å²) in [6.07, 6.45) is 2.57. The van der Waals surface area contributed by atoms with Crippen molar-refractivity contribution in [3.05, 3.63) is 0 Å². The maximum Gasteiger partial charge on any atom is 0.00667 e. The molecule has 0 radical (unpaired) electrons. The first-order valence-electron chi connectivity index (χ1n) is 4.44. The van der Waals surface area contributed by atoms with E-state index in [0.29, 0.717) is 0 Å². The van der Waals surface area contributed by atoms with Gasteiger partial charge in [-0.1, -0.05) is 27.7 Å². The average molecular weight is 143 g/mol. The Morgan fingerprint density at radius 3 is 2.10 bits per heavy atom. The third kappa shape index (κ3) is 4.80. The molecule has 0 aliphatic heterocycles. The molecule has 0 spiro atoms. The summed E-state index contributed by atoms with van der Waals surface area (Å²) in [4.78, 5) is 0. The second-order valence-corrected chi connectivity index (χ2v) is 3.29. The minimum atomic E-state index is 0.741. The fourth-order valence-electron chi connectivity index (χ4n) is 1.25. The molecule has 0 bridgehead atoms. The van der Waals surface area contributed by atoms with Gasteiger partial charge in [0.15, 0.2) is 0 Å². The lowest BCUT2D eigenvalue weighted by Gasteiger charge is -2.17. The summed E-state index contributed by atoms with van der Waals surface area (Å²) in [5, 5.41) is 3.46. The van der Waals surface area contributed by atoms with E-state index in [9.17, 15) is 0 Å². The molecule has 0 aliphatic carbocycles. The Hall–Kier alpha value is -0.0400. The monoisotopic (exact) mass is 143 g/mol. The van der Waals surface area contributed by atoms with Crippen molar-refractivity contribution in [3.63, 3.8) is 0 Å². The third-order valence-electron chi connectivity index (χ3n) is 1.74. The predicted molar refractivity (Wildman–Crippen MR) is 47.2 cm³/mol. The van der Waals surface area contributed by atoms with E-state index in [2.05, 4.69) is 33.0 Å². The van der Waals surface area contributed by atoms with Gasteiger partial charge in [0.05, 0.1) is 0 Å². The summed E-state index contributed by atoms with van der Waals surface area (Å²) in [6.45, 7) is 10.1. The predicted octanol–water partition coefficient (Wildman–Crippen LogP) is 2.42. The summed E-state index contributed by atoms with van der Waals surface area (Å²) >= 11 is 0. The highest BCUT2D eigenvalue weighted by Gasteiger charge is 2.05. The zero-order valence-corrected chi connectivity index (χ0v) is 7.78. The molecule has 0 saturated heterocycles. The van der Waals surface area contributed by atoms with Crippen molar-refractivity contribution in [2.24, 2.45) is 5.92 Å². The second kappa shape index (κ2) is 5.72. The molecule has 62 valence electrons. The molecule has 10 heavy (non-hydrogen) atoms. The first-order chi connectivity index (χ1) is 4.70. The van der Waals surface area contributed by atoms with Crippen LogP contribution >= 0.6 is 0 Å². The molecular weight excluding hydrogens is 122 g/mol. The van der Waals surface area contributed by atoms with Crippen LogP contribution in [-0.4, -0.2) is 12.6 Å². The van der Waals surface area contributed by atoms with Gasteiger partial charge in [-0.3, -0.25) is 0 Å². The van der Waals surface area contributed by atoms with Gasteiger partial charge in [0.1, 0.15) is 0 Å². The molecule has 0 heterocycles. The standard InChI is InChI=1S/C9H21N/c1-5-9(10-6-2)7-8(3)4/h8-10H,5-7H2,1-4H3. The fraction of sp³-hybridized carbons (Fsp3) is 1.00. The van der Waals surface area contributed by atoms with Gasteiger partial charge in [-0.15, -0.1) is 0 Å². The van der Waals surface area contributed by atoms with Crippen molar-refractivity contribution in [3.8, 4) is 0 Å². The lowest BCUT2D eigenvalue weighted by Crippen LogP contribution is -2.29. The number of hydrogen-bond donors (Lipinski definition) is 1. The van der Waals surface area contributed by atoms with E-state index in [-0.39, 0.29) is 0 Å². The van der Waals surface area contributed by atoms with Gasteiger partial charge in [-0.25, -0.2) is 0 Å². The molecule has 0 aromatic rings. The summed E-state index contributed by atoms with van der Waals surface area (Å²) in [5.74, 6) is 0.823. The first-order valence-corrected chi connectivity index (χ1v) is 4.44. The van der Waals surface area contributed by atoms with Crippen LogP contribution in [0, 0.1) is 5.92 Å². The van der Waals surface area contributed by atoms with E-state index in [1.807, 2.05) is 0 Å². The molecule has 0 aromatic carbocycles. The topological polar surface area (TPSA) is 12.0 Å². The van der Waals surface area contributed by atoms with Gasteiger partial charge >= 0.3 is 0 Å². The van der Waals surface area contributed by atoms with Crippen molar-refractivity contribution in [1.29, 1.82) is 0 Å². The largest absolute Gasteiger partial charge is 0.314 e. The summed E-state index contributed by atoms with van der Waals surface area (Å²) in [5.41, 5.74) is 0. The molecule has 1 N–H and O–H groups in total. The molecule has 1 nitrogen and oxygen atoms in total. The molecule has 0 saturated carbocycles. The SMILES string of the molecule is CCNC(CC)CC(C)C. The number of rotatable bonds is 5. The normalized spacial score (nSPS) is 14.1. The summed E-state index contributed by atoms with van der Waals surface area (Å²) in [6, 6.07) is 0.741. The molecular formula is C9H21N. The maximum absolute atomic E-state index is 3.46. The van der Waals surface area contributed by atoms with E-state index in [1.54, 1.807) is 0 Å². The molecule has 1 heteroatoms. The lowest BCUT2D eigenvalue weighted by molar-refractivity contribution is 0.417. The lowest BCUT2D eigenvalue weighted by atomic mass is 10.0. The zero-order chi connectivity index (χ0) is 7.98. The second-order valence-electron chi connectivity index (χ2n) is 3.29. The van der Waals surface area contributed by atoms with Crippen molar-refractivity contribution in [2.75, 3.05) is 6.54 Å². The Bertz CT molecular complexity index is 69.1. The third-order valence-corrected chi connectivity index (χ3v) is 1.74. The maximum atomic E-state index is 3.46. The Morgan fingerprint density at radius 1 is 1.20 bits per heavy atom. The Balaban J connectivity index is 3.39. The van der Waals surface area contributed by atoms with Crippen molar-refractivity contribution in [1.82, 2.24) is 5.32 Å². The molecule has 0 rings (SSSR count). The number of hydrogen-bond acceptors (Lipinski definition) is 1. The zero-order valence-electron chi connectivity index (χ0n) is 7.78. The van der Waals surface area contributed by atoms with Crippen molar-refractivity contribution in [2.45, 2.75) is 46.6 Å². The van der Waals surface area contributed by atoms with Crippen molar-refractivity contribution < 1.29 is 0 Å². The van der Waals surface area contributed by atoms with Crippen LogP contribution in [0.5, 0.6) is 0 Å². The quantitative estimate of drug-likeness (QED) is 0.623. The van der Waals surface area contributed by atoms with E-state index < -0.39 is 0 Å². The van der Waals surface area contributed by atoms with E-state index in [1.165, 1.54) is 12.8 Å². The van der Waals surface area contributed by atoms with Crippen LogP contribution in [0.2, 0.25) is 0 Å². The smallest absolute Gasteiger partial charge is 0.00667 e. The van der Waals surface area contributed by atoms with Gasteiger partial charge in [0.25, 0.3) is 0 Å². The molecule has 0 amide bonds. The summed E-state index contributed by atoms with van der Waals surface area (Å²) in [7, 11) is 0. The van der Waals surface area contributed by atoms with Gasteiger partial charge in [0.2, 0.25) is 0 Å². The fourth-order valence-corrected chi connectivity index (χ4v) is 1.25. The average Bonchev–Trinajstić information content (AvgIpc) is 1.86. The van der Waals surface area contributed by atoms with Crippen LogP contribution in [0.4, 0.5) is 0 Å². The highest BCUT2D eigenvalue weighted by atomic mass is 14.9. The van der Waals surface area contributed by atoms with Crippen LogP contribution in [0.15, 0.2) is 0 Å². The Morgan fingerprint density at radius 2 is 1.80 bits per heavy atom. The highest BCUT2D eigenvalue weighted by Crippen LogP contribution is 2.06. The Kier molecular flexibility index (Phi) is 5.70. The van der Waals surface area contributed by atoms with E-state index in [4.69, 9.17) is 0 Å². The van der Waals surface area contributed by atoms with Gasteiger partial charge in [-0.2, -0.15) is 0 Å². The van der Waals surface area contributed by atoms with Crippen LogP contribution < -0.4 is 5.32 Å². The Labute approximate surface area is 65.2 Å². The first kappa shape index (κ1) is 9.96. The molecule has 1 atom stereocenters. The van der Waals surface area contributed by atoms with Crippen LogP contribution in [0.25, 0.3) is 0 Å². The van der Waals surface area contributed by atoms with Crippen molar-refractivity contribution >= 4 is 0 Å².